The third-order valence-corrected chi connectivity index (χ3v) is 7.44. The molecule has 6 rings (SSSR count). The monoisotopic (exact) mass is 435 g/mol. The molecule has 1 fully saturated rings. The van der Waals surface area contributed by atoms with Crippen LogP contribution in [0.4, 0.5) is 0 Å². The Morgan fingerprint density at radius 3 is 2.70 bits per heavy atom. The summed E-state index contributed by atoms with van der Waals surface area (Å²) >= 11 is 0. The summed E-state index contributed by atoms with van der Waals surface area (Å²) in [5, 5.41) is 0. The molecule has 2 aliphatic rings. The van der Waals surface area contributed by atoms with E-state index in [9.17, 15) is 4.79 Å². The second-order valence-electron chi connectivity index (χ2n) is 10.2. The maximum atomic E-state index is 13.2. The molecule has 0 unspecified atom stereocenters. The fourth-order valence-corrected chi connectivity index (χ4v) is 5.13. The lowest BCUT2D eigenvalue weighted by Crippen LogP contribution is -2.41. The van der Waals surface area contributed by atoms with Crippen molar-refractivity contribution in [3.05, 3.63) is 88.5 Å². The van der Waals surface area contributed by atoms with Crippen LogP contribution in [0.2, 0.25) is 0 Å². The van der Waals surface area contributed by atoms with Crippen LogP contribution in [0.1, 0.15) is 52.4 Å². The second kappa shape index (κ2) is 7.58. The second-order valence-corrected chi connectivity index (χ2v) is 10.2. The SMILES string of the molecule is Cc1ccc(Cc2cccc3c2CCN(CC2(C)CC2)C3=O)cc1-c1nc2ccccc2[nH]1. The molecule has 1 aliphatic heterocycles. The van der Waals surface area contributed by atoms with Gasteiger partial charge in [0.25, 0.3) is 5.91 Å². The first kappa shape index (κ1) is 20.2. The van der Waals surface area contributed by atoms with Gasteiger partial charge >= 0.3 is 0 Å². The first-order valence-corrected chi connectivity index (χ1v) is 11.9. The van der Waals surface area contributed by atoms with Crippen LogP contribution < -0.4 is 0 Å². The van der Waals surface area contributed by atoms with Crippen molar-refractivity contribution >= 4 is 16.9 Å². The van der Waals surface area contributed by atoms with Crippen LogP contribution in [-0.4, -0.2) is 33.9 Å². The Kier molecular flexibility index (Phi) is 4.65. The standard InChI is InChI=1S/C29H29N3O/c1-19-10-11-20(17-24(19)27-30-25-8-3-4-9-26(25)31-27)16-21-6-5-7-23-22(21)12-15-32(28(23)33)18-29(2)13-14-29/h3-11,17H,12-16,18H2,1-2H3,(H,30,31). The summed E-state index contributed by atoms with van der Waals surface area (Å²) in [5.41, 5.74) is 9.34. The number of imidazole rings is 1. The van der Waals surface area contributed by atoms with Crippen LogP contribution in [0.5, 0.6) is 0 Å². The number of aryl methyl sites for hydroxylation is 1. The first-order valence-electron chi connectivity index (χ1n) is 11.9. The molecule has 4 nitrogen and oxygen atoms in total. The summed E-state index contributed by atoms with van der Waals surface area (Å²) < 4.78 is 0. The average Bonchev–Trinajstić information content (AvgIpc) is 3.38. The fourth-order valence-electron chi connectivity index (χ4n) is 5.13. The highest BCUT2D eigenvalue weighted by Crippen LogP contribution is 2.46. The Bertz CT molecular complexity index is 1350. The summed E-state index contributed by atoms with van der Waals surface area (Å²) in [7, 11) is 0. The van der Waals surface area contributed by atoms with Crippen molar-refractivity contribution in [1.29, 1.82) is 0 Å². The number of H-pyrrole nitrogens is 1. The van der Waals surface area contributed by atoms with Crippen LogP contribution in [-0.2, 0) is 12.8 Å². The topological polar surface area (TPSA) is 49.0 Å². The van der Waals surface area contributed by atoms with Gasteiger partial charge in [-0.2, -0.15) is 0 Å². The number of hydrogen-bond donors (Lipinski definition) is 1. The van der Waals surface area contributed by atoms with Crippen LogP contribution in [0, 0.1) is 12.3 Å². The van der Waals surface area contributed by atoms with Crippen molar-refractivity contribution in [2.75, 3.05) is 13.1 Å². The number of nitrogens with one attached hydrogen (secondary N) is 1. The van der Waals surface area contributed by atoms with Crippen molar-refractivity contribution in [2.24, 2.45) is 5.41 Å². The molecule has 0 atom stereocenters. The summed E-state index contributed by atoms with van der Waals surface area (Å²) in [6.45, 7) is 6.15. The number of carbonyl (C=O) groups excluding carboxylic acids is 1. The Hall–Kier alpha value is -3.40. The van der Waals surface area contributed by atoms with Crippen LogP contribution in [0.15, 0.2) is 60.7 Å². The van der Waals surface area contributed by atoms with Gasteiger partial charge in [0.05, 0.1) is 11.0 Å². The number of aromatic amines is 1. The maximum Gasteiger partial charge on any atom is 0.254 e. The van der Waals surface area contributed by atoms with Crippen molar-refractivity contribution in [3.8, 4) is 11.4 Å². The predicted octanol–water partition coefficient (Wildman–Crippen LogP) is 5.93. The van der Waals surface area contributed by atoms with E-state index in [1.54, 1.807) is 0 Å². The van der Waals surface area contributed by atoms with Crippen LogP contribution >= 0.6 is 0 Å². The summed E-state index contributed by atoms with van der Waals surface area (Å²) in [5.74, 6) is 1.11. The van der Waals surface area contributed by atoms with Gasteiger partial charge in [-0.1, -0.05) is 43.3 Å². The molecule has 1 amide bonds. The van der Waals surface area contributed by atoms with E-state index in [-0.39, 0.29) is 5.91 Å². The van der Waals surface area contributed by atoms with Gasteiger partial charge in [-0.25, -0.2) is 4.98 Å². The van der Waals surface area contributed by atoms with E-state index in [4.69, 9.17) is 4.98 Å². The van der Waals surface area contributed by atoms with Gasteiger partial charge in [-0.05, 0) is 84.5 Å². The molecule has 33 heavy (non-hydrogen) atoms. The number of nitrogens with zero attached hydrogens (tertiary/aromatic N) is 2. The Balaban J connectivity index is 1.30. The van der Waals surface area contributed by atoms with E-state index < -0.39 is 0 Å². The minimum Gasteiger partial charge on any atom is -0.338 e. The molecule has 4 aromatic rings. The molecule has 0 saturated heterocycles. The normalized spacial score (nSPS) is 16.8. The molecule has 0 spiro atoms. The zero-order chi connectivity index (χ0) is 22.6. The summed E-state index contributed by atoms with van der Waals surface area (Å²) in [6.07, 6.45) is 4.24. The molecule has 3 aromatic carbocycles. The smallest absolute Gasteiger partial charge is 0.254 e. The lowest BCUT2D eigenvalue weighted by Gasteiger charge is -2.32. The van der Waals surface area contributed by atoms with Crippen molar-refractivity contribution in [2.45, 2.75) is 39.5 Å². The minimum absolute atomic E-state index is 0.207. The predicted molar refractivity (Wildman–Crippen MR) is 132 cm³/mol. The molecule has 166 valence electrons. The average molecular weight is 436 g/mol. The van der Waals surface area contributed by atoms with Crippen LogP contribution in [0.25, 0.3) is 22.4 Å². The summed E-state index contributed by atoms with van der Waals surface area (Å²) in [6, 6.07) is 21.0. The number of aromatic nitrogens is 2. The van der Waals surface area contributed by atoms with Gasteiger partial charge in [-0.15, -0.1) is 0 Å². The molecule has 0 bridgehead atoms. The molecule has 2 heterocycles. The molecule has 4 heteroatoms. The largest absolute Gasteiger partial charge is 0.338 e. The van der Waals surface area contributed by atoms with E-state index in [2.05, 4.69) is 54.1 Å². The van der Waals surface area contributed by atoms with Gasteiger partial charge in [0.2, 0.25) is 0 Å². The fraction of sp³-hybridized carbons (Fsp3) is 0.310. The lowest BCUT2D eigenvalue weighted by molar-refractivity contribution is 0.0707. The minimum atomic E-state index is 0.207. The van der Waals surface area contributed by atoms with Gasteiger partial charge in [0.15, 0.2) is 0 Å². The van der Waals surface area contributed by atoms with E-state index in [0.717, 1.165) is 53.9 Å². The summed E-state index contributed by atoms with van der Waals surface area (Å²) in [4.78, 5) is 23.6. The zero-order valence-corrected chi connectivity index (χ0v) is 19.3. The van der Waals surface area contributed by atoms with Gasteiger partial charge < -0.3 is 9.88 Å². The Morgan fingerprint density at radius 2 is 1.88 bits per heavy atom. The van der Waals surface area contributed by atoms with Gasteiger partial charge in [0.1, 0.15) is 5.82 Å². The molecular formula is C29H29N3O. The van der Waals surface area contributed by atoms with Crippen molar-refractivity contribution < 1.29 is 4.79 Å². The highest BCUT2D eigenvalue weighted by Gasteiger charge is 2.41. The number of para-hydroxylation sites is 2. The molecule has 1 saturated carbocycles. The maximum absolute atomic E-state index is 13.2. The van der Waals surface area contributed by atoms with E-state index in [0.29, 0.717) is 5.41 Å². The van der Waals surface area contributed by atoms with E-state index in [1.165, 1.54) is 35.1 Å². The van der Waals surface area contributed by atoms with E-state index in [1.807, 2.05) is 30.3 Å². The number of fused-ring (bicyclic) bond motifs is 2. The van der Waals surface area contributed by atoms with Gasteiger partial charge in [-0.3, -0.25) is 4.79 Å². The number of rotatable bonds is 5. The van der Waals surface area contributed by atoms with Crippen LogP contribution in [0.3, 0.4) is 0 Å². The Morgan fingerprint density at radius 1 is 1.03 bits per heavy atom. The molecule has 1 aliphatic carbocycles. The molecule has 1 aromatic heterocycles. The third-order valence-electron chi connectivity index (χ3n) is 7.44. The number of carbonyl (C=O) groups is 1. The third kappa shape index (κ3) is 3.74. The highest BCUT2D eigenvalue weighted by molar-refractivity contribution is 5.97. The molecule has 0 radical (unpaired) electrons. The van der Waals surface area contributed by atoms with Crippen molar-refractivity contribution in [3.63, 3.8) is 0 Å². The quantitative estimate of drug-likeness (QED) is 0.422. The zero-order valence-electron chi connectivity index (χ0n) is 19.3. The number of benzene rings is 3. The van der Waals surface area contributed by atoms with Gasteiger partial charge in [0, 0.05) is 24.2 Å². The number of hydrogen-bond acceptors (Lipinski definition) is 2. The Labute approximate surface area is 194 Å². The number of amides is 1. The lowest BCUT2D eigenvalue weighted by atomic mass is 9.89. The molecule has 1 N–H and O–H groups in total. The first-order chi connectivity index (χ1) is 16.0. The van der Waals surface area contributed by atoms with Crippen molar-refractivity contribution in [1.82, 2.24) is 14.9 Å². The van der Waals surface area contributed by atoms with E-state index >= 15 is 0 Å². The highest BCUT2D eigenvalue weighted by atomic mass is 16.2. The molecular weight excluding hydrogens is 406 g/mol.